The number of hydrogen-bond donors (Lipinski definition) is 2. The number of carbonyl (C=O) groups excluding carboxylic acids is 3. The van der Waals surface area contributed by atoms with Crippen LogP contribution in [-0.2, 0) is 27.1 Å². The van der Waals surface area contributed by atoms with Gasteiger partial charge in [-0.1, -0.05) is 36.4 Å². The summed E-state index contributed by atoms with van der Waals surface area (Å²) in [6, 6.07) is 14.0. The van der Waals surface area contributed by atoms with E-state index in [0.717, 1.165) is 16.7 Å². The zero-order valence-electron chi connectivity index (χ0n) is 23.8. The fraction of sp³-hybridized carbons (Fsp3) is 0.500. The first-order chi connectivity index (χ1) is 18.2. The number of piperazine rings is 1. The van der Waals surface area contributed by atoms with Crippen LogP contribution in [0.15, 0.2) is 48.5 Å². The van der Waals surface area contributed by atoms with Crippen molar-refractivity contribution in [2.24, 2.45) is 0 Å². The lowest BCUT2D eigenvalue weighted by Gasteiger charge is -2.37. The Balaban J connectivity index is 1.79. The molecule has 1 aliphatic heterocycles. The van der Waals surface area contributed by atoms with Crippen molar-refractivity contribution in [1.82, 2.24) is 15.1 Å². The molecule has 1 heterocycles. The maximum Gasteiger partial charge on any atom is 0.410 e. The maximum atomic E-state index is 13.7. The molecule has 2 N–H and O–H groups in total. The molecule has 0 bridgehead atoms. The Morgan fingerprint density at radius 2 is 1.44 bits per heavy atom. The number of nitrogens with zero attached hydrogens (tertiary/aromatic N) is 2. The molecular weight excluding hydrogens is 498 g/mol. The molecule has 0 unspecified atom stereocenters. The molecule has 1 fully saturated rings. The number of phenols is 1. The summed E-state index contributed by atoms with van der Waals surface area (Å²) in [4.78, 5) is 42.2. The predicted molar refractivity (Wildman–Crippen MR) is 149 cm³/mol. The SMILES string of the molecule is CC(C)(C)OC(=O)N[C@@H](Cc1ccc(O)cc1Cc1ccccc1)C(=O)N1CCN(C(=O)OC(C)(C)C)CC1. The van der Waals surface area contributed by atoms with E-state index < -0.39 is 29.4 Å². The van der Waals surface area contributed by atoms with Crippen LogP contribution in [0, 0.1) is 0 Å². The standard InChI is InChI=1S/C30H41N3O6/c1-29(2,3)38-27(36)31-25(26(35)32-14-16-33(17-15-32)28(37)39-30(4,5)6)20-22-12-13-24(34)19-23(22)18-21-10-8-7-9-11-21/h7-13,19,25,34H,14-18,20H2,1-6H3,(H,31,36)/t25-/m0/s1. The molecule has 0 aliphatic carbocycles. The van der Waals surface area contributed by atoms with Gasteiger partial charge in [0.05, 0.1) is 0 Å². The fourth-order valence-corrected chi connectivity index (χ4v) is 4.32. The highest BCUT2D eigenvalue weighted by Gasteiger charge is 2.33. The number of alkyl carbamates (subject to hydrolysis) is 1. The van der Waals surface area contributed by atoms with E-state index >= 15 is 0 Å². The summed E-state index contributed by atoms with van der Waals surface area (Å²) in [6.07, 6.45) is -0.316. The van der Waals surface area contributed by atoms with Crippen molar-refractivity contribution >= 4 is 18.1 Å². The molecule has 1 saturated heterocycles. The zero-order valence-corrected chi connectivity index (χ0v) is 23.8. The van der Waals surface area contributed by atoms with Gasteiger partial charge in [-0.05, 0) is 76.8 Å². The van der Waals surface area contributed by atoms with Crippen molar-refractivity contribution in [3.05, 3.63) is 65.2 Å². The van der Waals surface area contributed by atoms with E-state index in [1.807, 2.05) is 51.1 Å². The van der Waals surface area contributed by atoms with Gasteiger partial charge in [0.25, 0.3) is 0 Å². The summed E-state index contributed by atoms with van der Waals surface area (Å²) in [5, 5.41) is 12.9. The number of rotatable bonds is 6. The second-order valence-corrected chi connectivity index (χ2v) is 11.8. The Hall–Kier alpha value is -3.75. The van der Waals surface area contributed by atoms with Crippen LogP contribution in [-0.4, -0.2) is 76.4 Å². The Bertz CT molecular complexity index is 1150. The van der Waals surface area contributed by atoms with E-state index in [1.54, 1.807) is 48.8 Å². The molecule has 0 aromatic heterocycles. The fourth-order valence-electron chi connectivity index (χ4n) is 4.32. The molecule has 9 nitrogen and oxygen atoms in total. The molecule has 2 aromatic carbocycles. The molecule has 3 amide bonds. The Morgan fingerprint density at radius 1 is 0.846 bits per heavy atom. The number of benzene rings is 2. The third-order valence-electron chi connectivity index (χ3n) is 6.08. The second-order valence-electron chi connectivity index (χ2n) is 11.8. The van der Waals surface area contributed by atoms with Gasteiger partial charge in [-0.25, -0.2) is 9.59 Å². The van der Waals surface area contributed by atoms with Gasteiger partial charge in [0, 0.05) is 32.6 Å². The van der Waals surface area contributed by atoms with E-state index in [1.165, 1.54) is 0 Å². The normalized spacial score (nSPS) is 14.9. The summed E-state index contributed by atoms with van der Waals surface area (Å²) < 4.78 is 10.9. The molecule has 0 spiro atoms. The minimum absolute atomic E-state index is 0.130. The van der Waals surface area contributed by atoms with Crippen LogP contribution < -0.4 is 5.32 Å². The quantitative estimate of drug-likeness (QED) is 0.560. The number of phenolic OH excluding ortho intramolecular Hbond substituents is 1. The first-order valence-electron chi connectivity index (χ1n) is 13.3. The number of hydrogen-bond acceptors (Lipinski definition) is 6. The van der Waals surface area contributed by atoms with E-state index in [2.05, 4.69) is 5.32 Å². The minimum Gasteiger partial charge on any atom is -0.508 e. The molecular formula is C30H41N3O6. The van der Waals surface area contributed by atoms with Crippen molar-refractivity contribution in [2.75, 3.05) is 26.2 Å². The second kappa shape index (κ2) is 12.4. The molecule has 0 radical (unpaired) electrons. The van der Waals surface area contributed by atoms with Gasteiger partial charge in [0.1, 0.15) is 23.0 Å². The van der Waals surface area contributed by atoms with Gasteiger partial charge >= 0.3 is 12.2 Å². The largest absolute Gasteiger partial charge is 0.508 e. The van der Waals surface area contributed by atoms with Crippen LogP contribution in [0.4, 0.5) is 9.59 Å². The summed E-state index contributed by atoms with van der Waals surface area (Å²) in [6.45, 7) is 12.0. The van der Waals surface area contributed by atoms with Crippen molar-refractivity contribution in [2.45, 2.75) is 71.6 Å². The van der Waals surface area contributed by atoms with Crippen molar-refractivity contribution in [3.8, 4) is 5.75 Å². The highest BCUT2D eigenvalue weighted by Crippen LogP contribution is 2.23. The van der Waals surface area contributed by atoms with Gasteiger partial charge in [-0.15, -0.1) is 0 Å². The highest BCUT2D eigenvalue weighted by molar-refractivity contribution is 5.86. The minimum atomic E-state index is -0.896. The van der Waals surface area contributed by atoms with Crippen molar-refractivity contribution < 1.29 is 29.0 Å². The smallest absolute Gasteiger partial charge is 0.410 e. The Labute approximate surface area is 231 Å². The lowest BCUT2D eigenvalue weighted by Crippen LogP contribution is -2.57. The lowest BCUT2D eigenvalue weighted by molar-refractivity contribution is -0.135. The van der Waals surface area contributed by atoms with Gasteiger partial charge in [-0.3, -0.25) is 4.79 Å². The van der Waals surface area contributed by atoms with E-state index in [4.69, 9.17) is 9.47 Å². The molecule has 0 saturated carbocycles. The molecule has 2 aromatic rings. The average molecular weight is 540 g/mol. The molecule has 9 heteroatoms. The van der Waals surface area contributed by atoms with Crippen LogP contribution in [0.5, 0.6) is 5.75 Å². The zero-order chi connectivity index (χ0) is 28.8. The van der Waals surface area contributed by atoms with Crippen LogP contribution >= 0.6 is 0 Å². The summed E-state index contributed by atoms with van der Waals surface area (Å²) in [5.74, 6) is -0.130. The van der Waals surface area contributed by atoms with Gasteiger partial charge in [-0.2, -0.15) is 0 Å². The summed E-state index contributed by atoms with van der Waals surface area (Å²) in [7, 11) is 0. The van der Waals surface area contributed by atoms with Crippen molar-refractivity contribution in [1.29, 1.82) is 0 Å². The summed E-state index contributed by atoms with van der Waals surface area (Å²) in [5.41, 5.74) is 1.42. The Kier molecular flexibility index (Phi) is 9.48. The highest BCUT2D eigenvalue weighted by atomic mass is 16.6. The van der Waals surface area contributed by atoms with E-state index in [0.29, 0.717) is 32.6 Å². The molecule has 3 rings (SSSR count). The van der Waals surface area contributed by atoms with Crippen LogP contribution in [0.25, 0.3) is 0 Å². The predicted octanol–water partition coefficient (Wildman–Crippen LogP) is 4.50. The van der Waals surface area contributed by atoms with Crippen LogP contribution in [0.1, 0.15) is 58.2 Å². The van der Waals surface area contributed by atoms with Crippen molar-refractivity contribution in [3.63, 3.8) is 0 Å². The molecule has 1 aliphatic rings. The maximum absolute atomic E-state index is 13.7. The number of ether oxygens (including phenoxy) is 2. The Morgan fingerprint density at radius 3 is 2.03 bits per heavy atom. The monoisotopic (exact) mass is 539 g/mol. The number of carbonyl (C=O) groups is 3. The molecule has 1 atom stereocenters. The van der Waals surface area contributed by atoms with Gasteiger partial charge in [0.2, 0.25) is 5.91 Å². The van der Waals surface area contributed by atoms with E-state index in [-0.39, 0.29) is 18.1 Å². The topological polar surface area (TPSA) is 108 Å². The molecule has 212 valence electrons. The third kappa shape index (κ3) is 9.50. The third-order valence-corrected chi connectivity index (χ3v) is 6.08. The number of aromatic hydroxyl groups is 1. The average Bonchev–Trinajstić information content (AvgIpc) is 2.83. The lowest BCUT2D eigenvalue weighted by atomic mass is 9.94. The molecule has 39 heavy (non-hydrogen) atoms. The van der Waals surface area contributed by atoms with Gasteiger partial charge in [0.15, 0.2) is 0 Å². The number of amides is 3. The van der Waals surface area contributed by atoms with Crippen LogP contribution in [0.3, 0.4) is 0 Å². The summed E-state index contributed by atoms with van der Waals surface area (Å²) >= 11 is 0. The first-order valence-corrected chi connectivity index (χ1v) is 13.3. The van der Waals surface area contributed by atoms with Crippen LogP contribution in [0.2, 0.25) is 0 Å². The van der Waals surface area contributed by atoms with Gasteiger partial charge < -0.3 is 29.7 Å². The number of nitrogens with one attached hydrogen (secondary N) is 1. The van der Waals surface area contributed by atoms with E-state index in [9.17, 15) is 19.5 Å². The first kappa shape index (κ1) is 29.8.